The van der Waals surface area contributed by atoms with Gasteiger partial charge in [0.25, 0.3) is 0 Å². The Labute approximate surface area is 93.5 Å². The first-order valence-corrected chi connectivity index (χ1v) is 5.42. The van der Waals surface area contributed by atoms with Gasteiger partial charge in [-0.15, -0.1) is 0 Å². The van der Waals surface area contributed by atoms with Crippen LogP contribution in [-0.4, -0.2) is 10.9 Å². The summed E-state index contributed by atoms with van der Waals surface area (Å²) in [6, 6.07) is 6.20. The third kappa shape index (κ3) is 1.36. The van der Waals surface area contributed by atoms with Gasteiger partial charge in [0.05, 0.1) is 11.4 Å². The highest BCUT2D eigenvalue weighted by molar-refractivity contribution is 6.04. The van der Waals surface area contributed by atoms with Crippen LogP contribution in [0.3, 0.4) is 0 Å². The highest BCUT2D eigenvalue weighted by atomic mass is 16.1. The molecule has 16 heavy (non-hydrogen) atoms. The molecular formula is C13H12N2O. The number of nitrogens with zero attached hydrogens (tertiary/aromatic N) is 1. The molecule has 2 aromatic rings. The van der Waals surface area contributed by atoms with E-state index in [9.17, 15) is 4.79 Å². The van der Waals surface area contributed by atoms with Crippen molar-refractivity contribution < 1.29 is 4.79 Å². The van der Waals surface area contributed by atoms with Crippen LogP contribution in [0.2, 0.25) is 0 Å². The molecule has 1 aromatic carbocycles. The smallest absolute Gasteiger partial charge is 0.224 e. The molecule has 0 aliphatic carbocycles. The van der Waals surface area contributed by atoms with E-state index in [0.29, 0.717) is 6.42 Å². The number of hydrogen-bond donors (Lipinski definition) is 1. The normalized spacial score (nSPS) is 14.7. The first kappa shape index (κ1) is 9.33. The van der Waals surface area contributed by atoms with Crippen molar-refractivity contribution in [1.82, 2.24) is 4.98 Å². The predicted octanol–water partition coefficient (Wildman–Crippen LogP) is 2.43. The number of carbonyl (C=O) groups excluding carboxylic acids is 1. The van der Waals surface area contributed by atoms with E-state index in [4.69, 9.17) is 0 Å². The number of benzene rings is 1. The van der Waals surface area contributed by atoms with E-state index in [1.165, 1.54) is 5.56 Å². The summed E-state index contributed by atoms with van der Waals surface area (Å²) in [5.74, 6) is 0.0855. The predicted molar refractivity (Wildman–Crippen MR) is 63.4 cm³/mol. The lowest BCUT2D eigenvalue weighted by Crippen LogP contribution is -2.20. The number of rotatable bonds is 0. The fourth-order valence-corrected chi connectivity index (χ4v) is 2.15. The number of hydrogen-bond acceptors (Lipinski definition) is 2. The summed E-state index contributed by atoms with van der Waals surface area (Å²) in [5.41, 5.74) is 3.10. The minimum Gasteiger partial charge on any atom is -0.324 e. The first-order valence-electron chi connectivity index (χ1n) is 5.42. The number of anilines is 1. The number of aryl methyl sites for hydroxylation is 2. The van der Waals surface area contributed by atoms with Crippen LogP contribution in [0, 0.1) is 6.92 Å². The average Bonchev–Trinajstić information content (AvgIpc) is 2.28. The summed E-state index contributed by atoms with van der Waals surface area (Å²) in [7, 11) is 0. The van der Waals surface area contributed by atoms with Crippen molar-refractivity contribution in [1.29, 1.82) is 0 Å². The van der Waals surface area contributed by atoms with Gasteiger partial charge in [-0.25, -0.2) is 0 Å². The van der Waals surface area contributed by atoms with Crippen LogP contribution in [0.1, 0.15) is 17.7 Å². The maximum Gasteiger partial charge on any atom is 0.224 e. The summed E-state index contributed by atoms with van der Waals surface area (Å²) in [5, 5.41) is 5.09. The molecule has 0 saturated carbocycles. The Bertz CT molecular complexity index is 590. The Morgan fingerprint density at radius 1 is 1.31 bits per heavy atom. The molecule has 3 nitrogen and oxygen atoms in total. The quantitative estimate of drug-likeness (QED) is 0.728. The van der Waals surface area contributed by atoms with Gasteiger partial charge < -0.3 is 5.32 Å². The second-order valence-electron chi connectivity index (χ2n) is 4.22. The van der Waals surface area contributed by atoms with Crippen LogP contribution in [0.4, 0.5) is 5.69 Å². The Balaban J connectivity index is 2.30. The number of pyridine rings is 1. The van der Waals surface area contributed by atoms with Crippen LogP contribution in [-0.2, 0) is 11.2 Å². The lowest BCUT2D eigenvalue weighted by molar-refractivity contribution is -0.116. The fraction of sp³-hybridized carbons (Fsp3) is 0.231. The molecule has 1 N–H and O–H groups in total. The molecule has 0 bridgehead atoms. The van der Waals surface area contributed by atoms with Gasteiger partial charge in [0.1, 0.15) is 0 Å². The lowest BCUT2D eigenvalue weighted by atomic mass is 10.0. The first-order chi connectivity index (χ1) is 7.74. The number of carbonyl (C=O) groups is 1. The molecule has 80 valence electrons. The average molecular weight is 212 g/mol. The van der Waals surface area contributed by atoms with Crippen molar-refractivity contribution in [2.75, 3.05) is 5.32 Å². The molecule has 0 saturated heterocycles. The van der Waals surface area contributed by atoms with Crippen molar-refractivity contribution in [2.45, 2.75) is 19.8 Å². The van der Waals surface area contributed by atoms with Crippen molar-refractivity contribution in [2.24, 2.45) is 0 Å². The SMILES string of the molecule is Cc1ccc2c3c(ncc2c1)CCC(=O)N3. The maximum absolute atomic E-state index is 11.4. The summed E-state index contributed by atoms with van der Waals surface area (Å²) >= 11 is 0. The van der Waals surface area contributed by atoms with Crippen LogP contribution >= 0.6 is 0 Å². The number of nitrogens with one attached hydrogen (secondary N) is 1. The van der Waals surface area contributed by atoms with Crippen LogP contribution in [0.5, 0.6) is 0 Å². The summed E-state index contributed by atoms with van der Waals surface area (Å²) in [6.07, 6.45) is 3.17. The van der Waals surface area contributed by atoms with E-state index in [2.05, 4.69) is 35.4 Å². The minimum absolute atomic E-state index is 0.0855. The molecule has 0 spiro atoms. The van der Waals surface area contributed by atoms with Gasteiger partial charge in [0, 0.05) is 29.8 Å². The monoisotopic (exact) mass is 212 g/mol. The van der Waals surface area contributed by atoms with Crippen LogP contribution in [0.25, 0.3) is 10.8 Å². The topological polar surface area (TPSA) is 42.0 Å². The second kappa shape index (κ2) is 3.30. The zero-order valence-electron chi connectivity index (χ0n) is 9.08. The molecule has 0 fully saturated rings. The van der Waals surface area contributed by atoms with Gasteiger partial charge in [-0.1, -0.05) is 17.7 Å². The maximum atomic E-state index is 11.4. The number of fused-ring (bicyclic) bond motifs is 3. The molecule has 0 atom stereocenters. The van der Waals surface area contributed by atoms with Crippen molar-refractivity contribution >= 4 is 22.4 Å². The van der Waals surface area contributed by atoms with Gasteiger partial charge in [0.2, 0.25) is 5.91 Å². The Morgan fingerprint density at radius 3 is 3.06 bits per heavy atom. The molecular weight excluding hydrogens is 200 g/mol. The molecule has 1 amide bonds. The van der Waals surface area contributed by atoms with E-state index in [1.807, 2.05) is 6.20 Å². The van der Waals surface area contributed by atoms with E-state index >= 15 is 0 Å². The van der Waals surface area contributed by atoms with Gasteiger partial charge in [-0.05, 0) is 13.0 Å². The van der Waals surface area contributed by atoms with Gasteiger partial charge in [-0.2, -0.15) is 0 Å². The Morgan fingerprint density at radius 2 is 2.19 bits per heavy atom. The lowest BCUT2D eigenvalue weighted by Gasteiger charge is -2.17. The molecule has 2 heterocycles. The van der Waals surface area contributed by atoms with Crippen molar-refractivity contribution in [3.8, 4) is 0 Å². The van der Waals surface area contributed by atoms with Crippen molar-refractivity contribution in [3.05, 3.63) is 35.7 Å². The van der Waals surface area contributed by atoms with E-state index < -0.39 is 0 Å². The molecule has 1 aromatic heterocycles. The number of aromatic nitrogens is 1. The third-order valence-corrected chi connectivity index (χ3v) is 2.98. The zero-order valence-corrected chi connectivity index (χ0v) is 9.08. The standard InChI is InChI=1S/C13H12N2O/c1-8-2-3-10-9(6-8)7-14-11-4-5-12(16)15-13(10)11/h2-3,6-7H,4-5H2,1H3,(H,15,16). The molecule has 1 aliphatic heterocycles. The molecule has 0 unspecified atom stereocenters. The second-order valence-corrected chi connectivity index (χ2v) is 4.22. The summed E-state index contributed by atoms with van der Waals surface area (Å²) < 4.78 is 0. The molecule has 1 aliphatic rings. The van der Waals surface area contributed by atoms with Gasteiger partial charge in [-0.3, -0.25) is 9.78 Å². The van der Waals surface area contributed by atoms with Gasteiger partial charge >= 0.3 is 0 Å². The van der Waals surface area contributed by atoms with Crippen molar-refractivity contribution in [3.63, 3.8) is 0 Å². The summed E-state index contributed by atoms with van der Waals surface area (Å²) in [4.78, 5) is 15.8. The molecule has 3 heteroatoms. The number of amides is 1. The van der Waals surface area contributed by atoms with Gasteiger partial charge in [0.15, 0.2) is 0 Å². The fourth-order valence-electron chi connectivity index (χ4n) is 2.15. The zero-order chi connectivity index (χ0) is 11.1. The van der Waals surface area contributed by atoms with Crippen LogP contribution in [0.15, 0.2) is 24.4 Å². The molecule has 0 radical (unpaired) electrons. The van der Waals surface area contributed by atoms with E-state index in [1.54, 1.807) is 0 Å². The molecule has 3 rings (SSSR count). The minimum atomic E-state index is 0.0855. The third-order valence-electron chi connectivity index (χ3n) is 2.98. The van der Waals surface area contributed by atoms with E-state index in [-0.39, 0.29) is 5.91 Å². The Hall–Kier alpha value is -1.90. The Kier molecular flexibility index (Phi) is 1.93. The largest absolute Gasteiger partial charge is 0.324 e. The van der Waals surface area contributed by atoms with E-state index in [0.717, 1.165) is 28.6 Å². The van der Waals surface area contributed by atoms with Crippen LogP contribution < -0.4 is 5.32 Å². The highest BCUT2D eigenvalue weighted by Crippen LogP contribution is 2.29. The summed E-state index contributed by atoms with van der Waals surface area (Å²) in [6.45, 7) is 2.05. The highest BCUT2D eigenvalue weighted by Gasteiger charge is 2.17.